The van der Waals surface area contributed by atoms with Crippen LogP contribution in [0.2, 0.25) is 0 Å². The molecule has 4 rings (SSSR count). The maximum absolute atomic E-state index is 4.51. The fraction of sp³-hybridized carbons (Fsp3) is 0.667. The van der Waals surface area contributed by atoms with Gasteiger partial charge in [-0.25, -0.2) is 4.68 Å². The van der Waals surface area contributed by atoms with Gasteiger partial charge in [0.2, 0.25) is 0 Å². The lowest BCUT2D eigenvalue weighted by molar-refractivity contribution is 0.158. The van der Waals surface area contributed by atoms with Crippen molar-refractivity contribution in [3.05, 3.63) is 36.2 Å². The summed E-state index contributed by atoms with van der Waals surface area (Å²) in [5.41, 5.74) is 1.33. The first-order valence-corrected chi connectivity index (χ1v) is 10.7. The molecule has 1 unspecified atom stereocenters. The average Bonchev–Trinajstić information content (AvgIpc) is 3.23. The smallest absolute Gasteiger partial charge is 0.168 e. The van der Waals surface area contributed by atoms with E-state index in [0.29, 0.717) is 12.1 Å². The van der Waals surface area contributed by atoms with Gasteiger partial charge in [0.1, 0.15) is 0 Å². The Bertz CT molecular complexity index is 692. The molecule has 0 bridgehead atoms. The zero-order valence-electron chi connectivity index (χ0n) is 16.9. The van der Waals surface area contributed by atoms with Crippen LogP contribution >= 0.6 is 12.4 Å². The number of halogens is 1. The molecule has 2 aliphatic rings. The molecule has 2 heterocycles. The van der Waals surface area contributed by atoms with Crippen molar-refractivity contribution in [3.63, 3.8) is 0 Å². The standard InChI is InChI=1S/C21H32N6.ClH/c1-2-9-20(21-22-23-24-27(21)19-12-7-4-8-13-19)26-16-14-25(15-17-26)18-10-5-3-6-11-18;/h3,5-6,10-11,19-20H,2,4,7-9,12-17H2,1H3;1H. The van der Waals surface area contributed by atoms with Crippen LogP contribution in [0.4, 0.5) is 5.69 Å². The van der Waals surface area contributed by atoms with E-state index in [2.05, 4.69) is 67.3 Å². The molecule has 2 aromatic rings. The van der Waals surface area contributed by atoms with Crippen LogP contribution in [-0.2, 0) is 0 Å². The Balaban J connectivity index is 0.00000225. The Hall–Kier alpha value is -1.66. The van der Waals surface area contributed by atoms with Crippen LogP contribution in [0.15, 0.2) is 30.3 Å². The molecule has 1 saturated carbocycles. The fourth-order valence-corrected chi connectivity index (χ4v) is 4.68. The lowest BCUT2D eigenvalue weighted by Crippen LogP contribution is -2.48. The lowest BCUT2D eigenvalue weighted by Gasteiger charge is -2.40. The first-order valence-electron chi connectivity index (χ1n) is 10.7. The van der Waals surface area contributed by atoms with Crippen LogP contribution in [-0.4, -0.2) is 51.3 Å². The number of aromatic nitrogens is 4. The van der Waals surface area contributed by atoms with Crippen molar-refractivity contribution in [2.75, 3.05) is 31.1 Å². The highest BCUT2D eigenvalue weighted by atomic mass is 35.5. The molecule has 1 aromatic carbocycles. The van der Waals surface area contributed by atoms with Crippen molar-refractivity contribution in [3.8, 4) is 0 Å². The normalized spacial score (nSPS) is 20.0. The molecule has 1 saturated heterocycles. The molecule has 154 valence electrons. The second kappa shape index (κ2) is 10.2. The van der Waals surface area contributed by atoms with Crippen molar-refractivity contribution in [1.29, 1.82) is 0 Å². The van der Waals surface area contributed by atoms with Gasteiger partial charge in [-0.1, -0.05) is 50.8 Å². The maximum Gasteiger partial charge on any atom is 0.168 e. The molecule has 0 N–H and O–H groups in total. The third kappa shape index (κ3) is 4.66. The second-order valence-electron chi connectivity index (χ2n) is 7.94. The third-order valence-electron chi connectivity index (χ3n) is 6.18. The van der Waals surface area contributed by atoms with Crippen LogP contribution in [0.5, 0.6) is 0 Å². The van der Waals surface area contributed by atoms with E-state index in [-0.39, 0.29) is 12.4 Å². The monoisotopic (exact) mass is 404 g/mol. The van der Waals surface area contributed by atoms with Crippen molar-refractivity contribution >= 4 is 18.1 Å². The summed E-state index contributed by atoms with van der Waals surface area (Å²) in [6, 6.07) is 11.6. The zero-order valence-corrected chi connectivity index (χ0v) is 17.7. The number of hydrogen-bond donors (Lipinski definition) is 0. The minimum atomic E-state index is 0. The first-order chi connectivity index (χ1) is 13.4. The molecule has 1 aliphatic carbocycles. The molecule has 28 heavy (non-hydrogen) atoms. The van der Waals surface area contributed by atoms with Gasteiger partial charge in [0.05, 0.1) is 12.1 Å². The predicted molar refractivity (Wildman–Crippen MR) is 115 cm³/mol. The quantitative estimate of drug-likeness (QED) is 0.719. The van der Waals surface area contributed by atoms with Crippen molar-refractivity contribution in [1.82, 2.24) is 25.1 Å². The summed E-state index contributed by atoms with van der Waals surface area (Å²) >= 11 is 0. The topological polar surface area (TPSA) is 50.1 Å². The number of tetrazole rings is 1. The van der Waals surface area contributed by atoms with Gasteiger partial charge in [-0.2, -0.15) is 0 Å². The Morgan fingerprint density at radius 1 is 1.00 bits per heavy atom. The van der Waals surface area contributed by atoms with Gasteiger partial charge in [-0.3, -0.25) is 4.90 Å². The van der Waals surface area contributed by atoms with E-state index in [1.807, 2.05) is 0 Å². The summed E-state index contributed by atoms with van der Waals surface area (Å²) < 4.78 is 2.17. The van der Waals surface area contributed by atoms with Crippen LogP contribution in [0.3, 0.4) is 0 Å². The van der Waals surface area contributed by atoms with Crippen LogP contribution in [0.1, 0.15) is 69.8 Å². The Morgan fingerprint density at radius 3 is 2.39 bits per heavy atom. The van der Waals surface area contributed by atoms with Gasteiger partial charge in [-0.15, -0.1) is 17.5 Å². The van der Waals surface area contributed by atoms with E-state index in [4.69, 9.17) is 0 Å². The van der Waals surface area contributed by atoms with Gasteiger partial charge < -0.3 is 4.90 Å². The average molecular weight is 405 g/mol. The number of para-hydroxylation sites is 1. The molecule has 1 aromatic heterocycles. The minimum Gasteiger partial charge on any atom is -0.369 e. The van der Waals surface area contributed by atoms with Crippen molar-refractivity contribution in [2.24, 2.45) is 0 Å². The Labute approximate surface area is 174 Å². The summed E-state index contributed by atoms with van der Waals surface area (Å²) in [6.07, 6.45) is 8.68. The van der Waals surface area contributed by atoms with Crippen LogP contribution in [0.25, 0.3) is 0 Å². The molecule has 7 heteroatoms. The van der Waals surface area contributed by atoms with E-state index in [1.54, 1.807) is 0 Å². The van der Waals surface area contributed by atoms with Gasteiger partial charge in [0.25, 0.3) is 0 Å². The van der Waals surface area contributed by atoms with Gasteiger partial charge in [0.15, 0.2) is 5.82 Å². The Morgan fingerprint density at radius 2 is 1.71 bits per heavy atom. The SMILES string of the molecule is CCCC(c1nnnn1C1CCCCC1)N1CCN(c2ccccc2)CC1.Cl. The molecular formula is C21H33ClN6. The van der Waals surface area contributed by atoms with E-state index < -0.39 is 0 Å². The highest BCUT2D eigenvalue weighted by Gasteiger charge is 2.30. The summed E-state index contributed by atoms with van der Waals surface area (Å²) in [7, 11) is 0. The number of piperazine rings is 1. The fourth-order valence-electron chi connectivity index (χ4n) is 4.68. The first kappa shape index (κ1) is 21.1. The van der Waals surface area contributed by atoms with E-state index in [1.165, 1.54) is 37.8 Å². The zero-order chi connectivity index (χ0) is 18.5. The second-order valence-corrected chi connectivity index (χ2v) is 7.94. The van der Waals surface area contributed by atoms with Gasteiger partial charge >= 0.3 is 0 Å². The highest BCUT2D eigenvalue weighted by molar-refractivity contribution is 5.85. The molecule has 6 nitrogen and oxygen atoms in total. The van der Waals surface area contributed by atoms with E-state index >= 15 is 0 Å². The van der Waals surface area contributed by atoms with Crippen LogP contribution < -0.4 is 4.90 Å². The van der Waals surface area contributed by atoms with Gasteiger partial charge in [0, 0.05) is 31.9 Å². The van der Waals surface area contributed by atoms with Crippen LogP contribution in [0, 0.1) is 0 Å². The molecule has 0 radical (unpaired) electrons. The van der Waals surface area contributed by atoms with Crippen molar-refractivity contribution < 1.29 is 0 Å². The number of rotatable bonds is 6. The highest BCUT2D eigenvalue weighted by Crippen LogP contribution is 2.32. The largest absolute Gasteiger partial charge is 0.369 e. The summed E-state index contributed by atoms with van der Waals surface area (Å²) in [4.78, 5) is 5.09. The van der Waals surface area contributed by atoms with Gasteiger partial charge in [-0.05, 0) is 41.8 Å². The molecule has 0 amide bonds. The summed E-state index contributed by atoms with van der Waals surface area (Å²) in [6.45, 7) is 6.53. The summed E-state index contributed by atoms with van der Waals surface area (Å²) in [5.74, 6) is 1.09. The number of hydrogen-bond acceptors (Lipinski definition) is 5. The lowest BCUT2D eigenvalue weighted by atomic mass is 9.95. The Kier molecular flexibility index (Phi) is 7.68. The molecule has 0 spiro atoms. The summed E-state index contributed by atoms with van der Waals surface area (Å²) in [5, 5.41) is 13.0. The number of nitrogens with zero attached hydrogens (tertiary/aromatic N) is 6. The third-order valence-corrected chi connectivity index (χ3v) is 6.18. The number of benzene rings is 1. The van der Waals surface area contributed by atoms with E-state index in [9.17, 15) is 0 Å². The molecule has 1 atom stereocenters. The molecular weight excluding hydrogens is 372 g/mol. The maximum atomic E-state index is 4.51. The van der Waals surface area contributed by atoms with E-state index in [0.717, 1.165) is 44.8 Å². The minimum absolute atomic E-state index is 0. The predicted octanol–water partition coefficient (Wildman–Crippen LogP) is 4.26. The number of anilines is 1. The molecule has 2 fully saturated rings. The van der Waals surface area contributed by atoms with Crippen molar-refractivity contribution in [2.45, 2.75) is 64.0 Å². The molecule has 1 aliphatic heterocycles.